The molecule has 3 nitrogen and oxygen atoms in total. The average molecular weight is 262 g/mol. The summed E-state index contributed by atoms with van der Waals surface area (Å²) in [5, 5.41) is 11.3. The molecule has 0 fully saturated rings. The molecule has 1 unspecified atom stereocenters. The number of halogens is 2. The monoisotopic (exact) mass is 261 g/mol. The average Bonchev–Trinajstić information content (AvgIpc) is 2.40. The predicted octanol–water partition coefficient (Wildman–Crippen LogP) is 2.31. The molecule has 16 heavy (non-hydrogen) atoms. The minimum absolute atomic E-state index is 0.125. The number of nitrogens with two attached hydrogens (primary N) is 1. The van der Waals surface area contributed by atoms with Crippen LogP contribution in [-0.4, -0.2) is 18.3 Å². The van der Waals surface area contributed by atoms with Gasteiger partial charge in [0, 0.05) is 17.1 Å². The molecule has 0 spiro atoms. The van der Waals surface area contributed by atoms with E-state index < -0.39 is 5.60 Å². The molecule has 0 aromatic heterocycles. The maximum atomic E-state index is 10.4. The van der Waals surface area contributed by atoms with Crippen molar-refractivity contribution in [1.82, 2.24) is 0 Å². The molecule has 1 atom stereocenters. The quantitative estimate of drug-likeness (QED) is 0.816. The van der Waals surface area contributed by atoms with Gasteiger partial charge in [0.15, 0.2) is 0 Å². The molecule has 88 valence electrons. The predicted molar refractivity (Wildman–Crippen MR) is 64.1 cm³/mol. The third-order valence-corrected chi connectivity index (χ3v) is 3.33. The minimum Gasteiger partial charge on any atom is -0.492 e. The molecule has 0 radical (unpaired) electrons. The van der Waals surface area contributed by atoms with Gasteiger partial charge in [0.05, 0.1) is 11.6 Å². The third kappa shape index (κ3) is 2.00. The van der Waals surface area contributed by atoms with E-state index in [4.69, 9.17) is 33.7 Å². The minimum atomic E-state index is -1.10. The lowest BCUT2D eigenvalue weighted by Gasteiger charge is -2.26. The first-order valence-corrected chi connectivity index (χ1v) is 5.87. The van der Waals surface area contributed by atoms with Crippen LogP contribution in [0.5, 0.6) is 5.75 Å². The molecule has 0 aliphatic carbocycles. The first-order valence-electron chi connectivity index (χ1n) is 5.11. The summed E-state index contributed by atoms with van der Waals surface area (Å²) in [4.78, 5) is 0. The Hall–Kier alpha value is -0.480. The summed E-state index contributed by atoms with van der Waals surface area (Å²) >= 11 is 12.0. The summed E-state index contributed by atoms with van der Waals surface area (Å²) in [6, 6.07) is 3.27. The van der Waals surface area contributed by atoms with Crippen LogP contribution in [0.15, 0.2) is 12.1 Å². The van der Waals surface area contributed by atoms with Crippen molar-refractivity contribution in [3.05, 3.63) is 27.7 Å². The second-order valence-corrected chi connectivity index (χ2v) is 4.80. The molecule has 0 saturated heterocycles. The van der Waals surface area contributed by atoms with Gasteiger partial charge in [0.2, 0.25) is 0 Å². The first kappa shape index (κ1) is 12.0. The Morgan fingerprint density at radius 3 is 2.88 bits per heavy atom. The molecule has 3 N–H and O–H groups in total. The lowest BCUT2D eigenvalue weighted by atomic mass is 9.89. The highest BCUT2D eigenvalue weighted by Gasteiger charge is 2.34. The van der Waals surface area contributed by atoms with Crippen LogP contribution in [0.25, 0.3) is 0 Å². The molecule has 1 aliphatic heterocycles. The summed E-state index contributed by atoms with van der Waals surface area (Å²) in [7, 11) is 0. The van der Waals surface area contributed by atoms with E-state index in [0.29, 0.717) is 34.4 Å². The highest BCUT2D eigenvalue weighted by atomic mass is 35.5. The molecule has 1 aromatic rings. The Bertz CT molecular complexity index is 411. The lowest BCUT2D eigenvalue weighted by molar-refractivity contribution is 0.0374. The van der Waals surface area contributed by atoms with Gasteiger partial charge in [-0.15, -0.1) is 0 Å². The van der Waals surface area contributed by atoms with Crippen molar-refractivity contribution in [2.24, 2.45) is 5.73 Å². The van der Waals surface area contributed by atoms with Gasteiger partial charge >= 0.3 is 0 Å². The summed E-state index contributed by atoms with van der Waals surface area (Å²) < 4.78 is 5.53. The zero-order valence-electron chi connectivity index (χ0n) is 8.67. The normalized spacial score (nSPS) is 24.5. The Morgan fingerprint density at radius 2 is 2.19 bits per heavy atom. The van der Waals surface area contributed by atoms with Crippen molar-refractivity contribution in [3.8, 4) is 5.75 Å². The SMILES string of the molecule is NCC1(O)CCCOc2c(Cl)cc(Cl)cc21. The van der Waals surface area contributed by atoms with Crippen LogP contribution in [0.3, 0.4) is 0 Å². The number of hydrogen-bond acceptors (Lipinski definition) is 3. The molecule has 0 bridgehead atoms. The second-order valence-electron chi connectivity index (χ2n) is 3.95. The molecule has 1 heterocycles. The van der Waals surface area contributed by atoms with Gasteiger partial charge in [0.1, 0.15) is 11.4 Å². The van der Waals surface area contributed by atoms with Gasteiger partial charge < -0.3 is 15.6 Å². The van der Waals surface area contributed by atoms with E-state index in [1.807, 2.05) is 0 Å². The van der Waals surface area contributed by atoms with Gasteiger partial charge in [0.25, 0.3) is 0 Å². The van der Waals surface area contributed by atoms with Crippen molar-refractivity contribution in [1.29, 1.82) is 0 Å². The standard InChI is InChI=1S/C11H13Cl2NO2/c12-7-4-8-10(9(13)5-7)16-3-1-2-11(8,15)6-14/h4-5,15H,1-3,6,14H2. The van der Waals surface area contributed by atoms with E-state index in [1.165, 1.54) is 0 Å². The molecule has 0 saturated carbocycles. The lowest BCUT2D eigenvalue weighted by Crippen LogP contribution is -2.34. The number of rotatable bonds is 1. The van der Waals surface area contributed by atoms with Gasteiger partial charge in [-0.3, -0.25) is 0 Å². The zero-order chi connectivity index (χ0) is 11.8. The fourth-order valence-corrected chi connectivity index (χ4v) is 2.49. The Morgan fingerprint density at radius 1 is 1.44 bits per heavy atom. The number of ether oxygens (including phenoxy) is 1. The van der Waals surface area contributed by atoms with Gasteiger partial charge in [-0.2, -0.15) is 0 Å². The van der Waals surface area contributed by atoms with Crippen LogP contribution in [0.4, 0.5) is 0 Å². The maximum Gasteiger partial charge on any atom is 0.144 e. The number of benzene rings is 1. The summed E-state index contributed by atoms with van der Waals surface area (Å²) in [6.45, 7) is 0.649. The van der Waals surface area contributed by atoms with E-state index in [9.17, 15) is 5.11 Å². The van der Waals surface area contributed by atoms with Crippen molar-refractivity contribution in [3.63, 3.8) is 0 Å². The second kappa shape index (κ2) is 4.41. The molecule has 5 heteroatoms. The molecule has 1 aliphatic rings. The highest BCUT2D eigenvalue weighted by molar-refractivity contribution is 6.35. The van der Waals surface area contributed by atoms with Crippen molar-refractivity contribution in [2.45, 2.75) is 18.4 Å². The van der Waals surface area contributed by atoms with Crippen molar-refractivity contribution < 1.29 is 9.84 Å². The van der Waals surface area contributed by atoms with E-state index >= 15 is 0 Å². The van der Waals surface area contributed by atoms with Crippen molar-refractivity contribution in [2.75, 3.05) is 13.2 Å². The summed E-state index contributed by atoms with van der Waals surface area (Å²) in [5.74, 6) is 0.497. The highest BCUT2D eigenvalue weighted by Crippen LogP contribution is 2.41. The van der Waals surface area contributed by atoms with Crippen molar-refractivity contribution >= 4 is 23.2 Å². The zero-order valence-corrected chi connectivity index (χ0v) is 10.2. The van der Waals surface area contributed by atoms with E-state index in [2.05, 4.69) is 0 Å². The maximum absolute atomic E-state index is 10.4. The van der Waals surface area contributed by atoms with Crippen LogP contribution in [-0.2, 0) is 5.60 Å². The first-order chi connectivity index (χ1) is 7.57. The van der Waals surface area contributed by atoms with E-state index in [0.717, 1.165) is 6.42 Å². The van der Waals surface area contributed by atoms with Crippen LogP contribution in [0.2, 0.25) is 10.0 Å². The Labute approximate surface area is 104 Å². The summed E-state index contributed by atoms with van der Waals surface area (Å²) in [5.41, 5.74) is 5.12. The van der Waals surface area contributed by atoms with Crippen LogP contribution in [0, 0.1) is 0 Å². The third-order valence-electron chi connectivity index (χ3n) is 2.83. The van der Waals surface area contributed by atoms with Gasteiger partial charge in [-0.1, -0.05) is 23.2 Å². The van der Waals surface area contributed by atoms with E-state index in [1.54, 1.807) is 12.1 Å². The Kier molecular flexibility index (Phi) is 3.31. The van der Waals surface area contributed by atoms with Gasteiger partial charge in [-0.05, 0) is 25.0 Å². The molecular formula is C11H13Cl2NO2. The number of fused-ring (bicyclic) bond motifs is 1. The Balaban J connectivity index is 2.60. The molecule has 0 amide bonds. The fraction of sp³-hybridized carbons (Fsp3) is 0.455. The topological polar surface area (TPSA) is 55.5 Å². The molecule has 1 aromatic carbocycles. The molecule has 2 rings (SSSR count). The summed E-state index contributed by atoms with van der Waals surface area (Å²) in [6.07, 6.45) is 1.28. The molecular weight excluding hydrogens is 249 g/mol. The smallest absolute Gasteiger partial charge is 0.144 e. The number of hydrogen-bond donors (Lipinski definition) is 2. The fourth-order valence-electron chi connectivity index (χ4n) is 1.94. The van der Waals surface area contributed by atoms with Crippen LogP contribution >= 0.6 is 23.2 Å². The van der Waals surface area contributed by atoms with Crippen LogP contribution in [0.1, 0.15) is 18.4 Å². The largest absolute Gasteiger partial charge is 0.492 e. The van der Waals surface area contributed by atoms with E-state index in [-0.39, 0.29) is 6.54 Å². The van der Waals surface area contributed by atoms with Gasteiger partial charge in [-0.25, -0.2) is 0 Å². The van der Waals surface area contributed by atoms with Crippen LogP contribution < -0.4 is 10.5 Å². The number of aliphatic hydroxyl groups is 1.